The van der Waals surface area contributed by atoms with Crippen molar-refractivity contribution in [2.45, 2.75) is 0 Å². The van der Waals surface area contributed by atoms with E-state index in [0.717, 1.165) is 24.2 Å². The molecule has 0 radical (unpaired) electrons. The number of urea groups is 1. The Morgan fingerprint density at radius 1 is 1.20 bits per heavy atom. The van der Waals surface area contributed by atoms with Gasteiger partial charge >= 0.3 is 6.03 Å². The number of ether oxygens (including phenoxy) is 1. The highest BCUT2D eigenvalue weighted by Gasteiger charge is 2.13. The SMILES string of the molecule is O=C(NCC1CNCCOC1)Nc1cccc(-c2ccc(F)cc2)c1. The topological polar surface area (TPSA) is 62.4 Å². The molecule has 2 aromatic rings. The Morgan fingerprint density at radius 3 is 2.88 bits per heavy atom. The van der Waals surface area contributed by atoms with Crippen LogP contribution in [0.4, 0.5) is 14.9 Å². The van der Waals surface area contributed by atoms with Crippen LogP contribution in [-0.2, 0) is 4.74 Å². The van der Waals surface area contributed by atoms with Crippen LogP contribution in [0.1, 0.15) is 0 Å². The number of hydrogen-bond donors (Lipinski definition) is 3. The van der Waals surface area contributed by atoms with E-state index in [1.54, 1.807) is 12.1 Å². The van der Waals surface area contributed by atoms with Crippen LogP contribution in [0.2, 0.25) is 0 Å². The lowest BCUT2D eigenvalue weighted by atomic mass is 10.1. The summed E-state index contributed by atoms with van der Waals surface area (Å²) in [4.78, 5) is 12.1. The van der Waals surface area contributed by atoms with Gasteiger partial charge in [-0.1, -0.05) is 24.3 Å². The van der Waals surface area contributed by atoms with Gasteiger partial charge in [-0.15, -0.1) is 0 Å². The molecule has 1 saturated heterocycles. The van der Waals surface area contributed by atoms with Gasteiger partial charge in [-0.3, -0.25) is 0 Å². The zero-order valence-corrected chi connectivity index (χ0v) is 13.9. The van der Waals surface area contributed by atoms with Crippen LogP contribution in [0.15, 0.2) is 48.5 Å². The third-order valence-corrected chi connectivity index (χ3v) is 4.06. The molecule has 0 aromatic heterocycles. The van der Waals surface area contributed by atoms with Crippen molar-refractivity contribution in [3.63, 3.8) is 0 Å². The monoisotopic (exact) mass is 343 g/mol. The lowest BCUT2D eigenvalue weighted by molar-refractivity contribution is 0.123. The van der Waals surface area contributed by atoms with Crippen molar-refractivity contribution in [3.8, 4) is 11.1 Å². The quantitative estimate of drug-likeness (QED) is 0.800. The highest BCUT2D eigenvalue weighted by Crippen LogP contribution is 2.22. The lowest BCUT2D eigenvalue weighted by Gasteiger charge is -2.15. The third-order valence-electron chi connectivity index (χ3n) is 4.06. The maximum atomic E-state index is 13.0. The molecule has 1 unspecified atom stereocenters. The Bertz CT molecular complexity index is 698. The molecule has 5 nitrogen and oxygen atoms in total. The predicted molar refractivity (Wildman–Crippen MR) is 96.0 cm³/mol. The molecule has 1 heterocycles. The van der Waals surface area contributed by atoms with Crippen LogP contribution in [0.3, 0.4) is 0 Å². The number of halogens is 1. The smallest absolute Gasteiger partial charge is 0.319 e. The van der Waals surface area contributed by atoms with Gasteiger partial charge in [-0.05, 0) is 35.4 Å². The van der Waals surface area contributed by atoms with Gasteiger partial charge in [0.05, 0.1) is 13.2 Å². The largest absolute Gasteiger partial charge is 0.380 e. The minimum atomic E-state index is -0.269. The minimum Gasteiger partial charge on any atom is -0.380 e. The van der Waals surface area contributed by atoms with Crippen LogP contribution >= 0.6 is 0 Å². The normalized spacial score (nSPS) is 17.6. The van der Waals surface area contributed by atoms with Gasteiger partial charge in [0, 0.05) is 31.2 Å². The summed E-state index contributed by atoms with van der Waals surface area (Å²) in [6.07, 6.45) is 0. The van der Waals surface area contributed by atoms with E-state index in [-0.39, 0.29) is 17.8 Å². The molecule has 3 rings (SSSR count). The molecule has 2 aromatic carbocycles. The second kappa shape index (κ2) is 8.60. The average molecular weight is 343 g/mol. The maximum absolute atomic E-state index is 13.0. The van der Waals surface area contributed by atoms with Gasteiger partial charge in [0.25, 0.3) is 0 Å². The summed E-state index contributed by atoms with van der Waals surface area (Å²) in [6, 6.07) is 13.5. The molecule has 0 spiro atoms. The molecule has 0 bridgehead atoms. The Hall–Kier alpha value is -2.44. The zero-order chi connectivity index (χ0) is 17.5. The summed E-state index contributed by atoms with van der Waals surface area (Å²) >= 11 is 0. The van der Waals surface area contributed by atoms with Crippen LogP contribution < -0.4 is 16.0 Å². The summed E-state index contributed by atoms with van der Waals surface area (Å²) in [5.41, 5.74) is 2.50. The van der Waals surface area contributed by atoms with E-state index in [4.69, 9.17) is 4.74 Å². The Morgan fingerprint density at radius 2 is 2.04 bits per heavy atom. The van der Waals surface area contributed by atoms with Gasteiger partial charge in [-0.2, -0.15) is 0 Å². The van der Waals surface area contributed by atoms with Crippen LogP contribution in [0, 0.1) is 11.7 Å². The van der Waals surface area contributed by atoms with E-state index >= 15 is 0 Å². The molecular weight excluding hydrogens is 321 g/mol. The number of rotatable bonds is 4. The maximum Gasteiger partial charge on any atom is 0.319 e. The summed E-state index contributed by atoms with van der Waals surface area (Å²) in [5, 5.41) is 8.99. The molecular formula is C19H22FN3O2. The molecule has 2 amide bonds. The molecule has 1 aliphatic rings. The first kappa shape index (κ1) is 17.4. The van der Waals surface area contributed by atoms with E-state index in [2.05, 4.69) is 16.0 Å². The van der Waals surface area contributed by atoms with Crippen molar-refractivity contribution in [1.82, 2.24) is 10.6 Å². The average Bonchev–Trinajstić information content (AvgIpc) is 2.90. The number of carbonyl (C=O) groups is 1. The highest BCUT2D eigenvalue weighted by molar-refractivity contribution is 5.90. The Balaban J connectivity index is 1.56. The van der Waals surface area contributed by atoms with Crippen molar-refractivity contribution < 1.29 is 13.9 Å². The van der Waals surface area contributed by atoms with E-state index in [0.29, 0.717) is 25.4 Å². The first-order valence-corrected chi connectivity index (χ1v) is 8.40. The summed E-state index contributed by atoms with van der Waals surface area (Å²) in [5.74, 6) is -0.00631. The first-order chi connectivity index (χ1) is 12.2. The van der Waals surface area contributed by atoms with E-state index in [1.807, 2.05) is 24.3 Å². The lowest BCUT2D eigenvalue weighted by Crippen LogP contribution is -2.37. The number of anilines is 1. The van der Waals surface area contributed by atoms with Crippen molar-refractivity contribution in [1.29, 1.82) is 0 Å². The molecule has 132 valence electrons. The van der Waals surface area contributed by atoms with Gasteiger partial charge in [-0.25, -0.2) is 9.18 Å². The van der Waals surface area contributed by atoms with Gasteiger partial charge in [0.15, 0.2) is 0 Å². The molecule has 1 fully saturated rings. The summed E-state index contributed by atoms with van der Waals surface area (Å²) in [6.45, 7) is 3.59. The Labute approximate surface area is 146 Å². The fourth-order valence-corrected chi connectivity index (χ4v) is 2.72. The molecule has 0 saturated carbocycles. The number of amides is 2. The number of nitrogens with one attached hydrogen (secondary N) is 3. The fourth-order valence-electron chi connectivity index (χ4n) is 2.72. The van der Waals surface area contributed by atoms with Crippen molar-refractivity contribution in [2.75, 3.05) is 38.2 Å². The fraction of sp³-hybridized carbons (Fsp3) is 0.316. The van der Waals surface area contributed by atoms with Crippen molar-refractivity contribution >= 4 is 11.7 Å². The number of hydrogen-bond acceptors (Lipinski definition) is 3. The van der Waals surface area contributed by atoms with E-state index in [1.165, 1.54) is 12.1 Å². The van der Waals surface area contributed by atoms with E-state index in [9.17, 15) is 9.18 Å². The molecule has 6 heteroatoms. The van der Waals surface area contributed by atoms with E-state index < -0.39 is 0 Å². The van der Waals surface area contributed by atoms with Crippen LogP contribution in [0.5, 0.6) is 0 Å². The molecule has 3 N–H and O–H groups in total. The second-order valence-electron chi connectivity index (χ2n) is 6.07. The molecule has 25 heavy (non-hydrogen) atoms. The third kappa shape index (κ3) is 5.27. The molecule has 1 atom stereocenters. The molecule has 0 aliphatic carbocycles. The summed E-state index contributed by atoms with van der Waals surface area (Å²) in [7, 11) is 0. The minimum absolute atomic E-state index is 0.250. The van der Waals surface area contributed by atoms with Crippen LogP contribution in [-0.4, -0.2) is 38.9 Å². The Kier molecular flexibility index (Phi) is 5.98. The molecule has 1 aliphatic heterocycles. The van der Waals surface area contributed by atoms with Gasteiger partial charge in [0.1, 0.15) is 5.82 Å². The van der Waals surface area contributed by atoms with Gasteiger partial charge < -0.3 is 20.7 Å². The van der Waals surface area contributed by atoms with Crippen molar-refractivity contribution in [2.24, 2.45) is 5.92 Å². The van der Waals surface area contributed by atoms with Crippen molar-refractivity contribution in [3.05, 3.63) is 54.3 Å². The number of benzene rings is 2. The predicted octanol–water partition coefficient (Wildman–Crippen LogP) is 2.85. The highest BCUT2D eigenvalue weighted by atomic mass is 19.1. The van der Waals surface area contributed by atoms with Crippen LogP contribution in [0.25, 0.3) is 11.1 Å². The zero-order valence-electron chi connectivity index (χ0n) is 13.9. The van der Waals surface area contributed by atoms with Gasteiger partial charge in [0.2, 0.25) is 0 Å². The summed E-state index contributed by atoms with van der Waals surface area (Å²) < 4.78 is 18.5. The number of carbonyl (C=O) groups excluding carboxylic acids is 1. The first-order valence-electron chi connectivity index (χ1n) is 8.40. The standard InChI is InChI=1S/C19H22FN3O2/c20-17-6-4-15(5-7-17)16-2-1-3-18(10-16)23-19(24)22-12-14-11-21-8-9-25-13-14/h1-7,10,14,21H,8-9,11-13H2,(H2,22,23,24). The second-order valence-corrected chi connectivity index (χ2v) is 6.07.